The molecule has 1 aromatic carbocycles. The number of carbonyl (C=O) groups is 2. The molecule has 1 aliphatic heterocycles. The Hall–Kier alpha value is -2.45. The molecule has 0 saturated carbocycles. The van der Waals surface area contributed by atoms with Crippen molar-refractivity contribution in [3.05, 3.63) is 50.9 Å². The Labute approximate surface area is 209 Å². The minimum Gasteiger partial charge on any atom is -0.342 e. The van der Waals surface area contributed by atoms with Crippen LogP contribution in [-0.4, -0.2) is 50.7 Å². The first-order valence-corrected chi connectivity index (χ1v) is 13.3. The Morgan fingerprint density at radius 3 is 2.82 bits per heavy atom. The summed E-state index contributed by atoms with van der Waals surface area (Å²) in [7, 11) is 0. The van der Waals surface area contributed by atoms with Crippen LogP contribution in [0.4, 0.5) is 5.13 Å². The number of benzene rings is 1. The number of anilines is 1. The van der Waals surface area contributed by atoms with Crippen molar-refractivity contribution in [3.8, 4) is 12.3 Å². The second-order valence-electron chi connectivity index (χ2n) is 7.31. The molecule has 0 spiro atoms. The molecule has 0 radical (unpaired) electrons. The van der Waals surface area contributed by atoms with E-state index in [0.717, 1.165) is 23.4 Å². The molecule has 33 heavy (non-hydrogen) atoms. The Bertz CT molecular complexity index is 1180. The van der Waals surface area contributed by atoms with Crippen LogP contribution in [0.1, 0.15) is 39.8 Å². The van der Waals surface area contributed by atoms with Gasteiger partial charge in [-0.15, -0.1) is 28.0 Å². The second kappa shape index (κ2) is 11.1. The highest BCUT2D eigenvalue weighted by Gasteiger charge is 2.27. The third-order valence-corrected chi connectivity index (χ3v) is 8.41. The van der Waals surface area contributed by atoms with Crippen LogP contribution in [0.5, 0.6) is 0 Å². The minimum absolute atomic E-state index is 0.0811. The first kappa shape index (κ1) is 23.7. The van der Waals surface area contributed by atoms with E-state index in [1.165, 1.54) is 34.4 Å². The van der Waals surface area contributed by atoms with Gasteiger partial charge in [0.15, 0.2) is 4.34 Å². The van der Waals surface area contributed by atoms with Crippen molar-refractivity contribution in [3.63, 3.8) is 0 Å². The van der Waals surface area contributed by atoms with Crippen molar-refractivity contribution in [2.24, 2.45) is 0 Å². The Morgan fingerprint density at radius 1 is 1.27 bits per heavy atom. The molecule has 3 heterocycles. The van der Waals surface area contributed by atoms with Gasteiger partial charge in [-0.25, -0.2) is 4.98 Å². The van der Waals surface area contributed by atoms with E-state index in [9.17, 15) is 9.59 Å². The van der Waals surface area contributed by atoms with E-state index in [4.69, 9.17) is 18.0 Å². The summed E-state index contributed by atoms with van der Waals surface area (Å²) in [6.45, 7) is 1.33. The van der Waals surface area contributed by atoms with Crippen LogP contribution < -0.4 is 5.32 Å². The van der Waals surface area contributed by atoms with Gasteiger partial charge in [0, 0.05) is 29.4 Å². The lowest BCUT2D eigenvalue weighted by atomic mass is 9.97. The number of nitrogens with one attached hydrogen (secondary N) is 1. The predicted molar refractivity (Wildman–Crippen MR) is 133 cm³/mol. The number of nitrogens with zero attached hydrogens (tertiary/aromatic N) is 4. The van der Waals surface area contributed by atoms with E-state index in [0.29, 0.717) is 45.5 Å². The van der Waals surface area contributed by atoms with Crippen molar-refractivity contribution >= 4 is 63.0 Å². The van der Waals surface area contributed by atoms with Gasteiger partial charge < -0.3 is 4.90 Å². The molecule has 0 unspecified atom stereocenters. The van der Waals surface area contributed by atoms with Gasteiger partial charge in [0.2, 0.25) is 11.0 Å². The topological polar surface area (TPSA) is 88.1 Å². The standard InChI is InChI=1S/C22H20ClN5O2S3/c1-2-11-31-22-27-26-21(33-22)25-19(30)17-13-32-20(24-17)14-7-9-28(10-8-14)18(29)12-15-5-3-4-6-16(15)23/h1,3-6,13-14H,7-12H2,(H,25,26,30). The van der Waals surface area contributed by atoms with Gasteiger partial charge in [0.05, 0.1) is 17.2 Å². The predicted octanol–water partition coefficient (Wildman–Crippen LogP) is 4.57. The molecule has 2 aromatic heterocycles. The molecule has 4 rings (SSSR count). The van der Waals surface area contributed by atoms with Crippen molar-refractivity contribution in [2.75, 3.05) is 24.2 Å². The summed E-state index contributed by atoms with van der Waals surface area (Å²) in [5.41, 5.74) is 1.21. The van der Waals surface area contributed by atoms with E-state index in [1.54, 1.807) is 11.4 Å². The van der Waals surface area contributed by atoms with Crippen molar-refractivity contribution in [1.29, 1.82) is 0 Å². The number of terminal acetylenes is 1. The van der Waals surface area contributed by atoms with Crippen LogP contribution in [0.2, 0.25) is 5.02 Å². The molecule has 1 fully saturated rings. The first-order chi connectivity index (χ1) is 16.0. The summed E-state index contributed by atoms with van der Waals surface area (Å²) < 4.78 is 0.707. The molecule has 170 valence electrons. The van der Waals surface area contributed by atoms with Gasteiger partial charge in [-0.1, -0.05) is 58.8 Å². The first-order valence-electron chi connectivity index (χ1n) is 10.2. The fraction of sp³-hybridized carbons (Fsp3) is 0.318. The van der Waals surface area contributed by atoms with Crippen LogP contribution in [0.3, 0.4) is 0 Å². The number of piperidine rings is 1. The second-order valence-corrected chi connectivity index (χ2v) is 10.8. The quantitative estimate of drug-likeness (QED) is 0.280. The number of carbonyl (C=O) groups excluding carboxylic acids is 2. The smallest absolute Gasteiger partial charge is 0.276 e. The normalized spacial score (nSPS) is 14.1. The number of hydrogen-bond acceptors (Lipinski definition) is 8. The monoisotopic (exact) mass is 517 g/mol. The highest BCUT2D eigenvalue weighted by Crippen LogP contribution is 2.31. The van der Waals surface area contributed by atoms with Crippen LogP contribution >= 0.6 is 46.0 Å². The maximum Gasteiger partial charge on any atom is 0.276 e. The van der Waals surface area contributed by atoms with E-state index in [1.807, 2.05) is 23.1 Å². The highest BCUT2D eigenvalue weighted by atomic mass is 35.5. The number of likely N-dealkylation sites (tertiary alicyclic amines) is 1. The van der Waals surface area contributed by atoms with Gasteiger partial charge in [-0.05, 0) is 24.5 Å². The lowest BCUT2D eigenvalue weighted by molar-refractivity contribution is -0.131. The number of thiazole rings is 1. The van der Waals surface area contributed by atoms with Crippen molar-refractivity contribution in [2.45, 2.75) is 29.5 Å². The average molecular weight is 518 g/mol. The third-order valence-electron chi connectivity index (χ3n) is 5.16. The molecule has 1 aliphatic rings. The molecule has 1 N–H and O–H groups in total. The van der Waals surface area contributed by atoms with Gasteiger partial charge in [-0.3, -0.25) is 14.9 Å². The number of halogens is 1. The fourth-order valence-corrected chi connectivity index (χ4v) is 6.06. The summed E-state index contributed by atoms with van der Waals surface area (Å²) in [4.78, 5) is 31.6. The Morgan fingerprint density at radius 2 is 2.06 bits per heavy atom. The summed E-state index contributed by atoms with van der Waals surface area (Å²) in [6.07, 6.45) is 7.18. The van der Waals surface area contributed by atoms with Crippen LogP contribution in [0.25, 0.3) is 0 Å². The fourth-order valence-electron chi connectivity index (χ4n) is 3.45. The number of aromatic nitrogens is 3. The maximum absolute atomic E-state index is 12.7. The largest absolute Gasteiger partial charge is 0.342 e. The minimum atomic E-state index is -0.311. The summed E-state index contributed by atoms with van der Waals surface area (Å²) in [5, 5.41) is 14.4. The maximum atomic E-state index is 12.7. The van der Waals surface area contributed by atoms with Crippen LogP contribution in [0, 0.1) is 12.3 Å². The number of rotatable bonds is 7. The molecule has 7 nitrogen and oxygen atoms in total. The molecular formula is C22H20ClN5O2S3. The molecule has 1 saturated heterocycles. The average Bonchev–Trinajstić information content (AvgIpc) is 3.49. The third kappa shape index (κ3) is 6.12. The molecule has 2 amide bonds. The zero-order valence-corrected chi connectivity index (χ0v) is 20.7. The zero-order valence-electron chi connectivity index (χ0n) is 17.5. The summed E-state index contributed by atoms with van der Waals surface area (Å²) in [5.74, 6) is 3.03. The van der Waals surface area contributed by atoms with E-state index >= 15 is 0 Å². The van der Waals surface area contributed by atoms with Crippen molar-refractivity contribution in [1.82, 2.24) is 20.1 Å². The summed E-state index contributed by atoms with van der Waals surface area (Å²) in [6, 6.07) is 7.43. The summed E-state index contributed by atoms with van der Waals surface area (Å²) >= 11 is 10.3. The van der Waals surface area contributed by atoms with Gasteiger partial charge in [-0.2, -0.15) is 0 Å². The number of hydrogen-bond donors (Lipinski definition) is 1. The molecule has 0 aliphatic carbocycles. The molecule has 0 atom stereocenters. The van der Waals surface area contributed by atoms with Gasteiger partial charge in [0.1, 0.15) is 5.69 Å². The SMILES string of the molecule is C#CCSc1nnc(NC(=O)c2csc(C3CCN(C(=O)Cc4ccccc4Cl)CC3)n2)s1. The van der Waals surface area contributed by atoms with E-state index in [2.05, 4.69) is 26.4 Å². The molecule has 0 bridgehead atoms. The van der Waals surface area contributed by atoms with Crippen molar-refractivity contribution < 1.29 is 9.59 Å². The lowest BCUT2D eigenvalue weighted by Crippen LogP contribution is -2.38. The Balaban J connectivity index is 1.29. The lowest BCUT2D eigenvalue weighted by Gasteiger charge is -2.31. The number of thioether (sulfide) groups is 1. The Kier molecular flexibility index (Phi) is 7.98. The van der Waals surface area contributed by atoms with Gasteiger partial charge in [0.25, 0.3) is 5.91 Å². The van der Waals surface area contributed by atoms with E-state index < -0.39 is 0 Å². The van der Waals surface area contributed by atoms with Crippen LogP contribution in [0.15, 0.2) is 34.0 Å². The number of amides is 2. The van der Waals surface area contributed by atoms with Gasteiger partial charge >= 0.3 is 0 Å². The van der Waals surface area contributed by atoms with E-state index in [-0.39, 0.29) is 17.7 Å². The molecule has 11 heteroatoms. The molecule has 3 aromatic rings. The highest BCUT2D eigenvalue weighted by molar-refractivity contribution is 8.01. The zero-order chi connectivity index (χ0) is 23.2. The van der Waals surface area contributed by atoms with Crippen LogP contribution in [-0.2, 0) is 11.2 Å². The molecular weight excluding hydrogens is 498 g/mol.